The Kier molecular flexibility index (Phi) is 3.26. The van der Waals surface area contributed by atoms with Crippen molar-refractivity contribution in [2.45, 2.75) is 37.1 Å². The molecule has 0 radical (unpaired) electrons. The molecule has 11 heteroatoms. The minimum absolute atomic E-state index is 0.475. The van der Waals surface area contributed by atoms with Gasteiger partial charge in [-0.2, -0.15) is 26.3 Å². The van der Waals surface area contributed by atoms with Crippen molar-refractivity contribution in [3.05, 3.63) is 0 Å². The SMILES string of the molecule is C[C@@]1(CC(=O)O)OC(C(F)(F)F)(C(F)(F)F)OC1=O. The summed E-state index contributed by atoms with van der Waals surface area (Å²) in [4.78, 5) is 21.5. The molecule has 0 amide bonds. The van der Waals surface area contributed by atoms with E-state index in [1.807, 2.05) is 0 Å². The summed E-state index contributed by atoms with van der Waals surface area (Å²) in [7, 11) is 0. The van der Waals surface area contributed by atoms with Gasteiger partial charge in [0, 0.05) is 0 Å². The van der Waals surface area contributed by atoms with Crippen molar-refractivity contribution in [2.75, 3.05) is 0 Å². The molecule has 1 heterocycles. The highest BCUT2D eigenvalue weighted by Crippen LogP contribution is 2.53. The average Bonchev–Trinajstić information content (AvgIpc) is 2.36. The molecular weight excluding hydrogens is 290 g/mol. The maximum Gasteiger partial charge on any atom is 0.465 e. The van der Waals surface area contributed by atoms with Gasteiger partial charge in [-0.25, -0.2) is 4.79 Å². The Bertz CT molecular complexity index is 399. The molecule has 0 aromatic rings. The summed E-state index contributed by atoms with van der Waals surface area (Å²) < 4.78 is 82.0. The number of carboxylic acid groups (broad SMARTS) is 1. The molecule has 0 aromatic heterocycles. The van der Waals surface area contributed by atoms with Gasteiger partial charge in [-0.1, -0.05) is 0 Å². The lowest BCUT2D eigenvalue weighted by Gasteiger charge is -2.31. The smallest absolute Gasteiger partial charge is 0.465 e. The van der Waals surface area contributed by atoms with E-state index in [4.69, 9.17) is 5.11 Å². The van der Waals surface area contributed by atoms with Crippen molar-refractivity contribution >= 4 is 11.9 Å². The van der Waals surface area contributed by atoms with Crippen LogP contribution in [0.5, 0.6) is 0 Å². The number of esters is 1. The van der Waals surface area contributed by atoms with Crippen molar-refractivity contribution in [2.24, 2.45) is 0 Å². The molecule has 0 aromatic carbocycles. The number of aliphatic carboxylic acids is 1. The molecular formula is C8H6F6O5. The summed E-state index contributed by atoms with van der Waals surface area (Å²) in [6.07, 6.45) is -13.6. The van der Waals surface area contributed by atoms with E-state index in [-0.39, 0.29) is 0 Å². The molecule has 5 nitrogen and oxygen atoms in total. The number of alkyl halides is 6. The number of hydrogen-bond donors (Lipinski definition) is 1. The van der Waals surface area contributed by atoms with Crippen LogP contribution in [0.4, 0.5) is 26.3 Å². The number of rotatable bonds is 2. The highest BCUT2D eigenvalue weighted by Gasteiger charge is 2.82. The van der Waals surface area contributed by atoms with Gasteiger partial charge in [0.25, 0.3) is 0 Å². The normalized spacial score (nSPS) is 27.2. The van der Waals surface area contributed by atoms with E-state index >= 15 is 0 Å². The third-order valence-corrected chi connectivity index (χ3v) is 2.27. The fourth-order valence-corrected chi connectivity index (χ4v) is 1.41. The van der Waals surface area contributed by atoms with Gasteiger partial charge in [-0.15, -0.1) is 0 Å². The summed E-state index contributed by atoms with van der Waals surface area (Å²) in [5.41, 5.74) is -2.88. The number of carboxylic acids is 1. The molecule has 0 bridgehead atoms. The van der Waals surface area contributed by atoms with Crippen molar-refractivity contribution in [3.63, 3.8) is 0 Å². The van der Waals surface area contributed by atoms with Crippen LogP contribution in [0.25, 0.3) is 0 Å². The Balaban J connectivity index is 3.28. The molecule has 1 fully saturated rings. The van der Waals surface area contributed by atoms with E-state index in [0.717, 1.165) is 0 Å². The fourth-order valence-electron chi connectivity index (χ4n) is 1.41. The first-order chi connectivity index (χ1) is 8.25. The predicted octanol–water partition coefficient (Wildman–Crippen LogP) is 1.61. The Morgan fingerprint density at radius 3 is 1.89 bits per heavy atom. The zero-order valence-electron chi connectivity index (χ0n) is 9.06. The number of halogens is 6. The lowest BCUT2D eigenvalue weighted by Crippen LogP contribution is -2.58. The molecule has 0 spiro atoms. The lowest BCUT2D eigenvalue weighted by molar-refractivity contribution is -0.444. The lowest BCUT2D eigenvalue weighted by atomic mass is 10.0. The summed E-state index contributed by atoms with van der Waals surface area (Å²) in [6.45, 7) is 0.475. The summed E-state index contributed by atoms with van der Waals surface area (Å²) in [5.74, 6) is -9.02. The highest BCUT2D eigenvalue weighted by molar-refractivity contribution is 5.86. The van der Waals surface area contributed by atoms with Crippen molar-refractivity contribution in [1.82, 2.24) is 0 Å². The maximum atomic E-state index is 12.5. The molecule has 1 atom stereocenters. The molecule has 1 saturated heterocycles. The first-order valence-corrected chi connectivity index (χ1v) is 4.54. The van der Waals surface area contributed by atoms with E-state index in [0.29, 0.717) is 6.92 Å². The predicted molar refractivity (Wildman–Crippen MR) is 42.7 cm³/mol. The van der Waals surface area contributed by atoms with Crippen LogP contribution in [0.1, 0.15) is 13.3 Å². The average molecular weight is 296 g/mol. The molecule has 0 aliphatic carbocycles. The molecule has 1 aliphatic rings. The largest absolute Gasteiger partial charge is 0.481 e. The van der Waals surface area contributed by atoms with Gasteiger partial charge >= 0.3 is 30.1 Å². The monoisotopic (exact) mass is 296 g/mol. The van der Waals surface area contributed by atoms with E-state index < -0.39 is 42.1 Å². The van der Waals surface area contributed by atoms with Crippen LogP contribution in [0.2, 0.25) is 0 Å². The maximum absolute atomic E-state index is 12.5. The van der Waals surface area contributed by atoms with Gasteiger partial charge in [0.05, 0.1) is 6.42 Å². The van der Waals surface area contributed by atoms with Crippen molar-refractivity contribution < 1.29 is 50.5 Å². The van der Waals surface area contributed by atoms with Crippen LogP contribution in [0.15, 0.2) is 0 Å². The molecule has 1 N–H and O–H groups in total. The second kappa shape index (κ2) is 3.99. The van der Waals surface area contributed by atoms with Crippen LogP contribution < -0.4 is 0 Å². The Hall–Kier alpha value is -1.52. The molecule has 0 saturated carbocycles. The van der Waals surface area contributed by atoms with Crippen LogP contribution in [0, 0.1) is 0 Å². The standard InChI is InChI=1S/C8H6F6O5/c1-5(2-3(15)16)4(17)18-6(19-5,7(9,10)11)8(12,13)14/h2H2,1H3,(H,15,16)/t5-/m0/s1. The van der Waals surface area contributed by atoms with E-state index in [2.05, 4.69) is 9.47 Å². The Morgan fingerprint density at radius 1 is 1.21 bits per heavy atom. The number of carbonyl (C=O) groups excluding carboxylic acids is 1. The second-order valence-electron chi connectivity index (χ2n) is 3.91. The molecule has 0 unspecified atom stereocenters. The summed E-state index contributed by atoms with van der Waals surface area (Å²) in [5, 5.41) is 8.38. The molecule has 1 aliphatic heterocycles. The minimum Gasteiger partial charge on any atom is -0.481 e. The van der Waals surface area contributed by atoms with Crippen LogP contribution in [0.3, 0.4) is 0 Å². The topological polar surface area (TPSA) is 72.8 Å². The number of hydrogen-bond acceptors (Lipinski definition) is 4. The Morgan fingerprint density at radius 2 is 1.63 bits per heavy atom. The van der Waals surface area contributed by atoms with Gasteiger partial charge in [0.2, 0.25) is 0 Å². The molecule has 1 rings (SSSR count). The number of cyclic esters (lactones) is 1. The first kappa shape index (κ1) is 15.5. The van der Waals surface area contributed by atoms with Crippen LogP contribution in [-0.2, 0) is 19.1 Å². The first-order valence-electron chi connectivity index (χ1n) is 4.54. The molecule has 19 heavy (non-hydrogen) atoms. The van der Waals surface area contributed by atoms with Crippen LogP contribution in [-0.4, -0.2) is 40.8 Å². The third kappa shape index (κ3) is 2.33. The van der Waals surface area contributed by atoms with Gasteiger partial charge in [0.15, 0.2) is 5.60 Å². The van der Waals surface area contributed by atoms with E-state index in [1.54, 1.807) is 0 Å². The second-order valence-corrected chi connectivity index (χ2v) is 3.91. The van der Waals surface area contributed by atoms with Gasteiger partial charge in [-0.05, 0) is 6.92 Å². The molecule has 110 valence electrons. The highest BCUT2D eigenvalue weighted by atomic mass is 19.4. The third-order valence-electron chi connectivity index (χ3n) is 2.27. The van der Waals surface area contributed by atoms with Crippen molar-refractivity contribution in [3.8, 4) is 0 Å². The zero-order chi connectivity index (χ0) is 15.3. The minimum atomic E-state index is -6.10. The number of carbonyl (C=O) groups is 2. The van der Waals surface area contributed by atoms with Gasteiger partial charge < -0.3 is 14.6 Å². The summed E-state index contributed by atoms with van der Waals surface area (Å²) in [6, 6.07) is 0. The van der Waals surface area contributed by atoms with Gasteiger partial charge in [0.1, 0.15) is 0 Å². The van der Waals surface area contributed by atoms with Crippen LogP contribution >= 0.6 is 0 Å². The zero-order valence-corrected chi connectivity index (χ0v) is 9.06. The van der Waals surface area contributed by atoms with Crippen molar-refractivity contribution in [1.29, 1.82) is 0 Å². The quantitative estimate of drug-likeness (QED) is 0.619. The number of ether oxygens (including phenoxy) is 2. The summed E-state index contributed by atoms with van der Waals surface area (Å²) >= 11 is 0. The van der Waals surface area contributed by atoms with Gasteiger partial charge in [-0.3, -0.25) is 4.79 Å². The van der Waals surface area contributed by atoms with E-state index in [9.17, 15) is 35.9 Å². The Labute approximate surface area is 101 Å². The fraction of sp³-hybridized carbons (Fsp3) is 0.750. The van der Waals surface area contributed by atoms with E-state index in [1.165, 1.54) is 0 Å².